The first-order valence-corrected chi connectivity index (χ1v) is 7.73. The number of rotatable bonds is 6. The molecular weight excluding hydrogens is 305 g/mol. The summed E-state index contributed by atoms with van der Waals surface area (Å²) in [6, 6.07) is 14.4. The molecule has 0 aliphatic heterocycles. The molecule has 0 bridgehead atoms. The minimum atomic E-state index is 0.397. The lowest BCUT2D eigenvalue weighted by atomic mass is 10.2. The van der Waals surface area contributed by atoms with E-state index in [0.29, 0.717) is 22.4 Å². The van der Waals surface area contributed by atoms with E-state index in [1.54, 1.807) is 6.07 Å². The number of anilines is 1. The van der Waals surface area contributed by atoms with Gasteiger partial charge in [-0.25, -0.2) is 0 Å². The third kappa shape index (κ3) is 4.29. The van der Waals surface area contributed by atoms with Crippen molar-refractivity contribution in [3.8, 4) is 5.75 Å². The van der Waals surface area contributed by atoms with Gasteiger partial charge in [0.25, 0.3) is 0 Å². The second kappa shape index (κ2) is 7.58. The fourth-order valence-electron chi connectivity index (χ4n) is 2.10. The summed E-state index contributed by atoms with van der Waals surface area (Å²) in [5.74, 6) is 0.713. The maximum atomic E-state index is 6.14. The van der Waals surface area contributed by atoms with Crippen LogP contribution in [0.3, 0.4) is 0 Å². The van der Waals surface area contributed by atoms with Crippen LogP contribution >= 0.6 is 23.2 Å². The van der Waals surface area contributed by atoms with E-state index in [-0.39, 0.29) is 0 Å². The topological polar surface area (TPSA) is 12.5 Å². The van der Waals surface area contributed by atoms with Gasteiger partial charge in [0, 0.05) is 46.5 Å². The van der Waals surface area contributed by atoms with Crippen LogP contribution in [0.15, 0.2) is 36.4 Å². The van der Waals surface area contributed by atoms with E-state index in [2.05, 4.69) is 24.8 Å². The summed E-state index contributed by atoms with van der Waals surface area (Å²) in [7, 11) is 0. The van der Waals surface area contributed by atoms with Gasteiger partial charge >= 0.3 is 0 Å². The largest absolute Gasteiger partial charge is 0.488 e. The van der Waals surface area contributed by atoms with Gasteiger partial charge in [-0.1, -0.05) is 29.3 Å². The minimum Gasteiger partial charge on any atom is -0.488 e. The molecule has 0 aromatic heterocycles. The molecule has 2 aromatic carbocycles. The molecule has 0 amide bonds. The lowest BCUT2D eigenvalue weighted by molar-refractivity contribution is 0.305. The number of benzene rings is 2. The van der Waals surface area contributed by atoms with Crippen molar-refractivity contribution in [2.45, 2.75) is 20.5 Å². The maximum absolute atomic E-state index is 6.14. The van der Waals surface area contributed by atoms with Crippen molar-refractivity contribution in [2.24, 2.45) is 0 Å². The Morgan fingerprint density at radius 3 is 2.52 bits per heavy atom. The maximum Gasteiger partial charge on any atom is 0.129 e. The molecule has 21 heavy (non-hydrogen) atoms. The first-order valence-electron chi connectivity index (χ1n) is 6.97. The molecule has 0 aliphatic rings. The van der Waals surface area contributed by atoms with E-state index in [1.807, 2.05) is 30.3 Å². The van der Waals surface area contributed by atoms with Gasteiger partial charge in [-0.05, 0) is 38.1 Å². The van der Waals surface area contributed by atoms with Crippen molar-refractivity contribution in [1.29, 1.82) is 0 Å². The van der Waals surface area contributed by atoms with Gasteiger partial charge in [0.05, 0.1) is 0 Å². The van der Waals surface area contributed by atoms with Crippen LogP contribution in [0.25, 0.3) is 0 Å². The van der Waals surface area contributed by atoms with E-state index in [1.165, 1.54) is 0 Å². The number of nitrogens with zero attached hydrogens (tertiary/aromatic N) is 1. The van der Waals surface area contributed by atoms with Gasteiger partial charge < -0.3 is 9.64 Å². The molecule has 2 rings (SSSR count). The lowest BCUT2D eigenvalue weighted by Crippen LogP contribution is -2.21. The summed E-state index contributed by atoms with van der Waals surface area (Å²) < 4.78 is 5.78. The first kappa shape index (κ1) is 16.0. The third-order valence-corrected chi connectivity index (χ3v) is 3.87. The second-order valence-corrected chi connectivity index (χ2v) is 5.45. The van der Waals surface area contributed by atoms with Crippen LogP contribution in [-0.2, 0) is 6.61 Å². The van der Waals surface area contributed by atoms with Gasteiger partial charge in [0.1, 0.15) is 12.4 Å². The van der Waals surface area contributed by atoms with Crippen molar-refractivity contribution in [3.05, 3.63) is 58.1 Å². The Bertz CT molecular complexity index is 597. The lowest BCUT2D eigenvalue weighted by Gasteiger charge is -2.21. The summed E-state index contributed by atoms with van der Waals surface area (Å²) in [5, 5.41) is 1.24. The zero-order valence-corrected chi connectivity index (χ0v) is 13.7. The van der Waals surface area contributed by atoms with Crippen molar-refractivity contribution in [1.82, 2.24) is 0 Å². The molecular formula is C17H18Cl2NO. The summed E-state index contributed by atoms with van der Waals surface area (Å²) >= 11 is 12.0. The van der Waals surface area contributed by atoms with E-state index in [0.717, 1.165) is 24.3 Å². The molecule has 0 saturated carbocycles. The van der Waals surface area contributed by atoms with Crippen LogP contribution < -0.4 is 9.64 Å². The van der Waals surface area contributed by atoms with E-state index < -0.39 is 0 Å². The van der Waals surface area contributed by atoms with Crippen LogP contribution in [0.1, 0.15) is 19.4 Å². The molecule has 1 radical (unpaired) electrons. The molecule has 4 heteroatoms. The highest BCUT2D eigenvalue weighted by Crippen LogP contribution is 2.24. The first-order chi connectivity index (χ1) is 10.1. The minimum absolute atomic E-state index is 0.397. The fourth-order valence-corrected chi connectivity index (χ4v) is 2.56. The van der Waals surface area contributed by atoms with Crippen LogP contribution in [0.2, 0.25) is 10.0 Å². The van der Waals surface area contributed by atoms with Gasteiger partial charge in [-0.2, -0.15) is 0 Å². The summed E-state index contributed by atoms with van der Waals surface area (Å²) in [5.41, 5.74) is 2.04. The average Bonchev–Trinajstić information content (AvgIpc) is 2.48. The van der Waals surface area contributed by atoms with E-state index in [9.17, 15) is 0 Å². The molecule has 0 aliphatic carbocycles. The highest BCUT2D eigenvalue weighted by Gasteiger charge is 2.05. The number of ether oxygens (including phenoxy) is 1. The van der Waals surface area contributed by atoms with Gasteiger partial charge in [0.2, 0.25) is 0 Å². The Hall–Kier alpha value is -1.38. The second-order valence-electron chi connectivity index (χ2n) is 4.61. The van der Waals surface area contributed by atoms with Crippen molar-refractivity contribution in [3.63, 3.8) is 0 Å². The van der Waals surface area contributed by atoms with Gasteiger partial charge in [-0.15, -0.1) is 0 Å². The Kier molecular flexibility index (Phi) is 5.77. The monoisotopic (exact) mass is 322 g/mol. The highest BCUT2D eigenvalue weighted by molar-refractivity contribution is 6.35. The highest BCUT2D eigenvalue weighted by atomic mass is 35.5. The Labute approximate surface area is 136 Å². The van der Waals surface area contributed by atoms with Crippen molar-refractivity contribution >= 4 is 28.9 Å². The van der Waals surface area contributed by atoms with Crippen LogP contribution in [0, 0.1) is 6.07 Å². The van der Waals surface area contributed by atoms with Crippen molar-refractivity contribution in [2.75, 3.05) is 18.0 Å². The predicted octanol–water partition coefficient (Wildman–Crippen LogP) is 5.22. The standard InChI is InChI=1S/C17H18Cl2NO/c1-3-20(4-2)15-6-5-7-16(11-15)21-12-13-8-9-14(18)10-17(13)19/h5-6,8-11H,3-4,12H2,1-2H3. The molecule has 2 nitrogen and oxygen atoms in total. The molecule has 0 saturated heterocycles. The molecule has 0 fully saturated rings. The molecule has 2 aromatic rings. The van der Waals surface area contributed by atoms with E-state index in [4.69, 9.17) is 27.9 Å². The Balaban J connectivity index is 2.08. The van der Waals surface area contributed by atoms with Gasteiger partial charge in [-0.3, -0.25) is 0 Å². The molecule has 0 heterocycles. The predicted molar refractivity (Wildman–Crippen MR) is 89.6 cm³/mol. The van der Waals surface area contributed by atoms with Crippen LogP contribution in [0.5, 0.6) is 5.75 Å². The fraction of sp³-hybridized carbons (Fsp3) is 0.294. The summed E-state index contributed by atoms with van der Waals surface area (Å²) in [4.78, 5) is 2.26. The number of hydrogen-bond acceptors (Lipinski definition) is 2. The van der Waals surface area contributed by atoms with E-state index >= 15 is 0 Å². The normalized spacial score (nSPS) is 10.5. The summed E-state index contributed by atoms with van der Waals surface area (Å²) in [6.07, 6.45) is 0. The van der Waals surface area contributed by atoms with Crippen LogP contribution in [-0.4, -0.2) is 13.1 Å². The Morgan fingerprint density at radius 1 is 1.10 bits per heavy atom. The molecule has 0 spiro atoms. The zero-order valence-electron chi connectivity index (χ0n) is 12.2. The quantitative estimate of drug-likeness (QED) is 0.723. The zero-order chi connectivity index (χ0) is 15.2. The number of hydrogen-bond donors (Lipinski definition) is 0. The average molecular weight is 323 g/mol. The third-order valence-electron chi connectivity index (χ3n) is 3.29. The molecule has 0 unspecified atom stereocenters. The molecule has 111 valence electrons. The SMILES string of the molecule is CCN(CC)c1cc[c]c(OCc2ccc(Cl)cc2Cl)c1. The molecule has 0 atom stereocenters. The van der Waals surface area contributed by atoms with Crippen molar-refractivity contribution < 1.29 is 4.74 Å². The Morgan fingerprint density at radius 2 is 1.86 bits per heavy atom. The number of halogens is 2. The van der Waals surface area contributed by atoms with Crippen LogP contribution in [0.4, 0.5) is 5.69 Å². The molecule has 0 N–H and O–H groups in total. The summed E-state index contributed by atoms with van der Waals surface area (Å²) in [6.45, 7) is 6.59. The van der Waals surface area contributed by atoms with Gasteiger partial charge in [0.15, 0.2) is 0 Å². The smallest absolute Gasteiger partial charge is 0.129 e.